The van der Waals surface area contributed by atoms with Gasteiger partial charge in [-0.25, -0.2) is 14.6 Å². The van der Waals surface area contributed by atoms with Crippen molar-refractivity contribution >= 4 is 17.0 Å². The molecule has 0 bridgehead atoms. The summed E-state index contributed by atoms with van der Waals surface area (Å²) < 4.78 is 1.81. The van der Waals surface area contributed by atoms with Crippen LogP contribution in [0.5, 0.6) is 0 Å². The van der Waals surface area contributed by atoms with Crippen LogP contribution in [0, 0.1) is 5.92 Å². The van der Waals surface area contributed by atoms with Gasteiger partial charge < -0.3 is 4.90 Å². The molecule has 0 spiro atoms. The zero-order chi connectivity index (χ0) is 12.5. The molecule has 0 radical (unpaired) electrons. The van der Waals surface area contributed by atoms with Crippen LogP contribution in [-0.4, -0.2) is 38.1 Å². The van der Waals surface area contributed by atoms with Crippen LogP contribution in [0.3, 0.4) is 0 Å². The molecule has 1 aliphatic heterocycles. The van der Waals surface area contributed by atoms with E-state index in [2.05, 4.69) is 32.1 Å². The number of nitrogens with zero attached hydrogens (tertiary/aromatic N) is 6. The van der Waals surface area contributed by atoms with E-state index in [4.69, 9.17) is 0 Å². The van der Waals surface area contributed by atoms with Gasteiger partial charge in [0, 0.05) is 19.6 Å². The fourth-order valence-corrected chi connectivity index (χ4v) is 2.44. The molecule has 2 aromatic heterocycles. The smallest absolute Gasteiger partial charge is 0.183 e. The van der Waals surface area contributed by atoms with Crippen molar-refractivity contribution in [3.8, 4) is 0 Å². The Hall–Kier alpha value is -1.72. The predicted octanol–water partition coefficient (Wildman–Crippen LogP) is 1.48. The summed E-state index contributed by atoms with van der Waals surface area (Å²) in [5.74, 6) is 1.75. The topological polar surface area (TPSA) is 59.7 Å². The summed E-state index contributed by atoms with van der Waals surface area (Å²) in [4.78, 5) is 11.0. The molecule has 0 aliphatic carbocycles. The van der Waals surface area contributed by atoms with Crippen LogP contribution in [0.4, 0.5) is 5.82 Å². The highest BCUT2D eigenvalue weighted by molar-refractivity contribution is 5.82. The number of hydrogen-bond donors (Lipinski definition) is 0. The Bertz CT molecular complexity index is 540. The molecule has 0 amide bonds. The first kappa shape index (κ1) is 11.4. The van der Waals surface area contributed by atoms with Gasteiger partial charge in [0.15, 0.2) is 17.0 Å². The minimum absolute atomic E-state index is 0.782. The van der Waals surface area contributed by atoms with Crippen molar-refractivity contribution in [2.75, 3.05) is 18.0 Å². The Morgan fingerprint density at radius 3 is 2.78 bits per heavy atom. The predicted molar refractivity (Wildman–Crippen MR) is 69.4 cm³/mol. The lowest BCUT2D eigenvalue weighted by molar-refractivity contribution is 0.437. The lowest BCUT2D eigenvalue weighted by Crippen LogP contribution is -2.33. The Kier molecular flexibility index (Phi) is 2.85. The Morgan fingerprint density at radius 1 is 1.28 bits per heavy atom. The number of piperidine rings is 1. The zero-order valence-corrected chi connectivity index (χ0v) is 10.9. The van der Waals surface area contributed by atoms with Crippen LogP contribution in [0.25, 0.3) is 11.2 Å². The molecule has 18 heavy (non-hydrogen) atoms. The summed E-state index contributed by atoms with van der Waals surface area (Å²) in [6.45, 7) is 7.22. The van der Waals surface area contributed by atoms with Gasteiger partial charge in [-0.3, -0.25) is 0 Å². The highest BCUT2D eigenvalue weighted by Crippen LogP contribution is 2.25. The quantitative estimate of drug-likeness (QED) is 0.803. The molecule has 0 N–H and O–H groups in total. The van der Waals surface area contributed by atoms with Gasteiger partial charge in [-0.1, -0.05) is 12.1 Å². The average Bonchev–Trinajstić information content (AvgIpc) is 2.82. The second-order valence-corrected chi connectivity index (χ2v) is 4.94. The van der Waals surface area contributed by atoms with Crippen LogP contribution >= 0.6 is 0 Å². The molecular formula is C12H18N6. The first-order valence-electron chi connectivity index (χ1n) is 6.58. The van der Waals surface area contributed by atoms with Gasteiger partial charge in [0.05, 0.1) is 0 Å². The van der Waals surface area contributed by atoms with E-state index in [1.54, 1.807) is 6.33 Å². The lowest BCUT2D eigenvalue weighted by Gasteiger charge is -2.30. The van der Waals surface area contributed by atoms with E-state index in [1.807, 2.05) is 11.6 Å². The molecule has 6 heteroatoms. The molecule has 6 nitrogen and oxygen atoms in total. The van der Waals surface area contributed by atoms with Crippen molar-refractivity contribution in [2.45, 2.75) is 33.2 Å². The lowest BCUT2D eigenvalue weighted by atomic mass is 9.99. The summed E-state index contributed by atoms with van der Waals surface area (Å²) >= 11 is 0. The Balaban J connectivity index is 1.99. The molecule has 0 unspecified atom stereocenters. The van der Waals surface area contributed by atoms with Crippen LogP contribution in [0.2, 0.25) is 0 Å². The van der Waals surface area contributed by atoms with E-state index >= 15 is 0 Å². The molecule has 3 heterocycles. The third kappa shape index (κ3) is 1.81. The molecule has 1 fully saturated rings. The third-order valence-electron chi connectivity index (χ3n) is 3.66. The van der Waals surface area contributed by atoms with E-state index in [-0.39, 0.29) is 0 Å². The average molecular weight is 246 g/mol. The van der Waals surface area contributed by atoms with Gasteiger partial charge in [-0.05, 0) is 25.7 Å². The van der Waals surface area contributed by atoms with Gasteiger partial charge in [-0.15, -0.1) is 5.10 Å². The van der Waals surface area contributed by atoms with Gasteiger partial charge in [-0.2, -0.15) is 0 Å². The maximum absolute atomic E-state index is 4.40. The van der Waals surface area contributed by atoms with E-state index in [0.29, 0.717) is 0 Å². The SMILES string of the molecule is CCn1nnc2c(N3CCC(C)CC3)ncnc21. The van der Waals surface area contributed by atoms with Crippen LogP contribution in [0.1, 0.15) is 26.7 Å². The number of aryl methyl sites for hydroxylation is 1. The number of aromatic nitrogens is 5. The number of rotatable bonds is 2. The first-order valence-corrected chi connectivity index (χ1v) is 6.58. The minimum Gasteiger partial charge on any atom is -0.355 e. The standard InChI is InChI=1S/C12H18N6/c1-3-18-12-10(15-16-18)11(13-8-14-12)17-6-4-9(2)5-7-17/h8-9H,3-7H2,1-2H3. The first-order chi connectivity index (χ1) is 8.79. The zero-order valence-electron chi connectivity index (χ0n) is 10.9. The van der Waals surface area contributed by atoms with Crippen molar-refractivity contribution < 1.29 is 0 Å². The highest BCUT2D eigenvalue weighted by Gasteiger charge is 2.21. The molecule has 0 atom stereocenters. The number of hydrogen-bond acceptors (Lipinski definition) is 5. The summed E-state index contributed by atoms with van der Waals surface area (Å²) in [5, 5.41) is 8.35. The van der Waals surface area contributed by atoms with E-state index in [0.717, 1.165) is 42.5 Å². The van der Waals surface area contributed by atoms with Crippen LogP contribution in [-0.2, 0) is 6.54 Å². The maximum atomic E-state index is 4.40. The summed E-state index contributed by atoms with van der Waals surface area (Å²) in [5.41, 5.74) is 1.66. The van der Waals surface area contributed by atoms with Gasteiger partial charge in [0.2, 0.25) is 0 Å². The monoisotopic (exact) mass is 246 g/mol. The largest absolute Gasteiger partial charge is 0.355 e. The molecule has 0 aromatic carbocycles. The molecule has 96 valence electrons. The maximum Gasteiger partial charge on any atom is 0.183 e. The van der Waals surface area contributed by atoms with Crippen molar-refractivity contribution in [1.29, 1.82) is 0 Å². The van der Waals surface area contributed by atoms with Crippen LogP contribution < -0.4 is 4.90 Å². The third-order valence-corrected chi connectivity index (χ3v) is 3.66. The normalized spacial score (nSPS) is 17.6. The molecule has 2 aromatic rings. The minimum atomic E-state index is 0.782. The fraction of sp³-hybridized carbons (Fsp3) is 0.667. The van der Waals surface area contributed by atoms with Crippen molar-refractivity contribution in [3.63, 3.8) is 0 Å². The van der Waals surface area contributed by atoms with E-state index < -0.39 is 0 Å². The Labute approximate surface area is 106 Å². The number of anilines is 1. The molecular weight excluding hydrogens is 228 g/mol. The van der Waals surface area contributed by atoms with E-state index in [9.17, 15) is 0 Å². The fourth-order valence-electron chi connectivity index (χ4n) is 2.44. The summed E-state index contributed by atoms with van der Waals surface area (Å²) in [6, 6.07) is 0. The van der Waals surface area contributed by atoms with E-state index in [1.165, 1.54) is 12.8 Å². The Morgan fingerprint density at radius 2 is 2.06 bits per heavy atom. The number of fused-ring (bicyclic) bond motifs is 1. The molecule has 3 rings (SSSR count). The summed E-state index contributed by atoms with van der Waals surface area (Å²) in [6.07, 6.45) is 4.05. The highest BCUT2D eigenvalue weighted by atomic mass is 15.4. The van der Waals surface area contributed by atoms with Crippen molar-refractivity contribution in [3.05, 3.63) is 6.33 Å². The van der Waals surface area contributed by atoms with Crippen molar-refractivity contribution in [1.82, 2.24) is 25.0 Å². The van der Waals surface area contributed by atoms with Gasteiger partial charge in [0.25, 0.3) is 0 Å². The molecule has 1 saturated heterocycles. The molecule has 1 aliphatic rings. The molecule has 0 saturated carbocycles. The second kappa shape index (κ2) is 4.51. The van der Waals surface area contributed by atoms with Gasteiger partial charge >= 0.3 is 0 Å². The van der Waals surface area contributed by atoms with Crippen LogP contribution in [0.15, 0.2) is 6.33 Å². The second-order valence-electron chi connectivity index (χ2n) is 4.94. The summed E-state index contributed by atoms with van der Waals surface area (Å²) in [7, 11) is 0. The van der Waals surface area contributed by atoms with Gasteiger partial charge in [0.1, 0.15) is 6.33 Å². The van der Waals surface area contributed by atoms with Crippen molar-refractivity contribution in [2.24, 2.45) is 5.92 Å².